The molecular formula is C38H45FN4O2. The molecule has 1 saturated heterocycles. The van der Waals surface area contributed by atoms with Gasteiger partial charge in [0.2, 0.25) is 5.91 Å². The van der Waals surface area contributed by atoms with Crippen LogP contribution in [0, 0.1) is 5.41 Å². The fourth-order valence-electron chi connectivity index (χ4n) is 6.42. The molecule has 0 saturated carbocycles. The van der Waals surface area contributed by atoms with Gasteiger partial charge in [0.1, 0.15) is 5.83 Å². The third kappa shape index (κ3) is 7.64. The van der Waals surface area contributed by atoms with Gasteiger partial charge < -0.3 is 20.4 Å². The lowest BCUT2D eigenvalue weighted by molar-refractivity contribution is -0.127. The minimum Gasteiger partial charge on any atom is -0.381 e. The van der Waals surface area contributed by atoms with Gasteiger partial charge in [-0.25, -0.2) is 4.39 Å². The lowest BCUT2D eigenvalue weighted by atomic mass is 9.79. The van der Waals surface area contributed by atoms with E-state index >= 15 is 0 Å². The number of piperazine rings is 1. The molecule has 0 bridgehead atoms. The number of benzene rings is 1. The number of amides is 2. The molecule has 0 aromatic heterocycles. The average Bonchev–Trinajstić information content (AvgIpc) is 3.06. The van der Waals surface area contributed by atoms with Gasteiger partial charge in [-0.2, -0.15) is 0 Å². The molecule has 2 heterocycles. The van der Waals surface area contributed by atoms with Gasteiger partial charge in [-0.1, -0.05) is 55.5 Å². The molecule has 1 unspecified atom stereocenters. The van der Waals surface area contributed by atoms with Crippen LogP contribution in [-0.2, 0) is 4.79 Å². The highest BCUT2D eigenvalue weighted by molar-refractivity contribution is 5.95. The number of hydrogen-bond donors (Lipinski definition) is 2. The van der Waals surface area contributed by atoms with E-state index in [0.29, 0.717) is 25.1 Å². The summed E-state index contributed by atoms with van der Waals surface area (Å²) in [6.45, 7) is 11.9. The van der Waals surface area contributed by atoms with Crippen molar-refractivity contribution in [1.29, 1.82) is 0 Å². The topological polar surface area (TPSA) is 64.7 Å². The van der Waals surface area contributed by atoms with Crippen LogP contribution in [0.2, 0.25) is 0 Å². The first-order chi connectivity index (χ1) is 21.7. The van der Waals surface area contributed by atoms with Crippen molar-refractivity contribution in [2.75, 3.05) is 39.8 Å². The minimum atomic E-state index is -0.171. The Bertz CT molecular complexity index is 1570. The molecule has 2 N–H and O–H groups in total. The molecule has 4 aliphatic rings. The standard InChI is InChI=1S/C38H45FN4O2/c1-5-28-23-27(2)12-13-31-26-41-34(29-9-8-10-30(24-29)37(45)40-4)25-33(31)36(28)43-21-19-42(20-22-43)35(44)11-6-7-16-38(3)17-14-32(39)15-18-38/h5-6,8-11,14-15,17,23-25,41H,1,7,12-13,16,18-22,26H2,2-4H3,(H,40,45)/b11-6+,27-23?,36-28?. The van der Waals surface area contributed by atoms with Crippen LogP contribution in [0.15, 0.2) is 113 Å². The first kappa shape index (κ1) is 32.0. The molecule has 6 nitrogen and oxygen atoms in total. The van der Waals surface area contributed by atoms with E-state index < -0.39 is 0 Å². The Hall–Kier alpha value is -4.39. The zero-order valence-corrected chi connectivity index (χ0v) is 26.8. The highest BCUT2D eigenvalue weighted by Crippen LogP contribution is 2.36. The summed E-state index contributed by atoms with van der Waals surface area (Å²) >= 11 is 0. The molecule has 0 radical (unpaired) electrons. The molecule has 2 aliphatic heterocycles. The van der Waals surface area contributed by atoms with Crippen LogP contribution in [-0.4, -0.2) is 61.4 Å². The summed E-state index contributed by atoms with van der Waals surface area (Å²) in [5.74, 6) is -0.242. The highest BCUT2D eigenvalue weighted by atomic mass is 19.1. The molecule has 1 fully saturated rings. The first-order valence-corrected chi connectivity index (χ1v) is 16.0. The van der Waals surface area contributed by atoms with E-state index in [2.05, 4.69) is 48.1 Å². The molecule has 7 heteroatoms. The van der Waals surface area contributed by atoms with Crippen LogP contribution >= 0.6 is 0 Å². The number of carbonyl (C=O) groups excluding carboxylic acids is 2. The van der Waals surface area contributed by atoms with Gasteiger partial charge in [-0.3, -0.25) is 9.59 Å². The largest absolute Gasteiger partial charge is 0.381 e. The maximum absolute atomic E-state index is 13.4. The average molecular weight is 609 g/mol. The number of halogens is 1. The molecule has 1 aromatic rings. The number of rotatable bonds is 8. The molecular weight excluding hydrogens is 563 g/mol. The quantitative estimate of drug-likeness (QED) is 0.320. The van der Waals surface area contributed by atoms with Gasteiger partial charge in [0.05, 0.1) is 5.70 Å². The lowest BCUT2D eigenvalue weighted by Crippen LogP contribution is -2.48. The maximum Gasteiger partial charge on any atom is 0.251 e. The van der Waals surface area contributed by atoms with E-state index in [1.54, 1.807) is 25.3 Å². The number of allylic oxidation sites excluding steroid dienone is 10. The number of nitrogens with zero attached hydrogens (tertiary/aromatic N) is 2. The van der Waals surface area contributed by atoms with Gasteiger partial charge in [-0.05, 0) is 97.6 Å². The van der Waals surface area contributed by atoms with E-state index in [9.17, 15) is 14.0 Å². The summed E-state index contributed by atoms with van der Waals surface area (Å²) in [5, 5.41) is 6.32. The van der Waals surface area contributed by atoms with E-state index in [1.807, 2.05) is 47.4 Å². The second-order valence-corrected chi connectivity index (χ2v) is 12.6. The van der Waals surface area contributed by atoms with Crippen molar-refractivity contribution in [3.8, 4) is 0 Å². The van der Waals surface area contributed by atoms with Crippen molar-refractivity contribution in [2.45, 2.75) is 46.0 Å². The summed E-state index contributed by atoms with van der Waals surface area (Å²) in [6.07, 6.45) is 19.5. The van der Waals surface area contributed by atoms with Crippen LogP contribution < -0.4 is 10.6 Å². The third-order valence-corrected chi connectivity index (χ3v) is 9.25. The molecule has 0 spiro atoms. The fourth-order valence-corrected chi connectivity index (χ4v) is 6.42. The predicted molar refractivity (Wildman–Crippen MR) is 181 cm³/mol. The molecule has 2 amide bonds. The van der Waals surface area contributed by atoms with Gasteiger partial charge in [0, 0.05) is 56.6 Å². The van der Waals surface area contributed by atoms with E-state index in [0.717, 1.165) is 67.8 Å². The fraction of sp³-hybridized carbons (Fsp3) is 0.368. The van der Waals surface area contributed by atoms with Crippen molar-refractivity contribution in [3.63, 3.8) is 0 Å². The van der Waals surface area contributed by atoms with Gasteiger partial charge in [0.25, 0.3) is 5.91 Å². The Kier molecular flexibility index (Phi) is 10.1. The Morgan fingerprint density at radius 2 is 1.96 bits per heavy atom. The van der Waals surface area contributed by atoms with Crippen molar-refractivity contribution in [2.24, 2.45) is 5.41 Å². The number of nitrogens with one attached hydrogen (secondary N) is 2. The van der Waals surface area contributed by atoms with Gasteiger partial charge in [-0.15, -0.1) is 0 Å². The predicted octanol–water partition coefficient (Wildman–Crippen LogP) is 6.77. The smallest absolute Gasteiger partial charge is 0.251 e. The summed E-state index contributed by atoms with van der Waals surface area (Å²) in [5.41, 5.74) is 8.63. The Labute approximate surface area is 267 Å². The minimum absolute atomic E-state index is 0.0382. The normalized spacial score (nSPS) is 22.2. The van der Waals surface area contributed by atoms with Crippen molar-refractivity contribution < 1.29 is 14.0 Å². The van der Waals surface area contributed by atoms with Crippen LogP contribution in [0.5, 0.6) is 0 Å². The van der Waals surface area contributed by atoms with Gasteiger partial charge >= 0.3 is 0 Å². The van der Waals surface area contributed by atoms with Crippen LogP contribution in [0.1, 0.15) is 61.9 Å². The highest BCUT2D eigenvalue weighted by Gasteiger charge is 2.28. The van der Waals surface area contributed by atoms with E-state index in [4.69, 9.17) is 0 Å². The summed E-state index contributed by atoms with van der Waals surface area (Å²) in [7, 11) is 1.64. The summed E-state index contributed by atoms with van der Waals surface area (Å²) in [4.78, 5) is 29.8. The Morgan fingerprint density at radius 3 is 2.67 bits per heavy atom. The van der Waals surface area contributed by atoms with Crippen LogP contribution in [0.4, 0.5) is 4.39 Å². The number of dihydropyridines is 1. The van der Waals surface area contributed by atoms with Gasteiger partial charge in [0.15, 0.2) is 0 Å². The zero-order valence-electron chi connectivity index (χ0n) is 26.8. The zero-order chi connectivity index (χ0) is 32.0. The summed E-state index contributed by atoms with van der Waals surface area (Å²) < 4.78 is 13.4. The number of carbonyl (C=O) groups is 2. The SMILES string of the molecule is C=CC1=C(N2CCN(C(=O)/C=C/CCC3(C)C=CC(F)=CC3)CC2)C2=C(CCC(C)=C1)CNC(c1cccc(C(=O)NC)c1)=C2. The number of hydrogen-bond acceptors (Lipinski definition) is 4. The Balaban J connectivity index is 1.32. The lowest BCUT2D eigenvalue weighted by Gasteiger charge is -2.40. The molecule has 45 heavy (non-hydrogen) atoms. The monoisotopic (exact) mass is 608 g/mol. The first-order valence-electron chi connectivity index (χ1n) is 16.0. The van der Waals surface area contributed by atoms with E-state index in [-0.39, 0.29) is 23.1 Å². The Morgan fingerprint density at radius 1 is 1.16 bits per heavy atom. The molecule has 236 valence electrons. The summed E-state index contributed by atoms with van der Waals surface area (Å²) in [6, 6.07) is 7.70. The maximum atomic E-state index is 13.4. The van der Waals surface area contributed by atoms with Crippen molar-refractivity contribution in [3.05, 3.63) is 124 Å². The third-order valence-electron chi connectivity index (χ3n) is 9.25. The second-order valence-electron chi connectivity index (χ2n) is 12.6. The molecule has 1 aromatic carbocycles. The van der Waals surface area contributed by atoms with E-state index in [1.165, 1.54) is 16.7 Å². The molecule has 2 aliphatic carbocycles. The van der Waals surface area contributed by atoms with Crippen LogP contribution in [0.3, 0.4) is 0 Å². The van der Waals surface area contributed by atoms with Crippen molar-refractivity contribution in [1.82, 2.24) is 20.4 Å². The molecule has 1 atom stereocenters. The van der Waals surface area contributed by atoms with Crippen LogP contribution in [0.25, 0.3) is 5.70 Å². The molecule has 5 rings (SSSR count). The second kappa shape index (κ2) is 14.1. The van der Waals surface area contributed by atoms with Crippen molar-refractivity contribution >= 4 is 17.5 Å².